The van der Waals surface area contributed by atoms with Crippen LogP contribution in [0.15, 0.2) is 24.3 Å². The summed E-state index contributed by atoms with van der Waals surface area (Å²) in [4.78, 5) is 11.3. The largest absolute Gasteiger partial charge is 0.497 e. The van der Waals surface area contributed by atoms with E-state index in [1.807, 2.05) is 24.3 Å². The smallest absolute Gasteiger partial charge is 0.306 e. The topological polar surface area (TPSA) is 65.0 Å². The number of ether oxygens (including phenoxy) is 3. The Bertz CT molecular complexity index is 405. The van der Waals surface area contributed by atoms with Crippen LogP contribution in [0.2, 0.25) is 0 Å². The number of carboxylic acids is 1. The lowest BCUT2D eigenvalue weighted by atomic mass is 9.96. The van der Waals surface area contributed by atoms with Crippen molar-refractivity contribution in [3.05, 3.63) is 29.8 Å². The molecular weight excluding hydrogens is 260 g/mol. The maximum absolute atomic E-state index is 11.3. The van der Waals surface area contributed by atoms with E-state index >= 15 is 0 Å². The number of benzene rings is 1. The van der Waals surface area contributed by atoms with Gasteiger partial charge in [0.15, 0.2) is 0 Å². The van der Waals surface area contributed by atoms with E-state index in [0.29, 0.717) is 32.7 Å². The van der Waals surface area contributed by atoms with Crippen LogP contribution in [0.4, 0.5) is 0 Å². The molecule has 5 nitrogen and oxygen atoms in total. The molecule has 0 aliphatic heterocycles. The third-order valence-electron chi connectivity index (χ3n) is 3.01. The highest BCUT2D eigenvalue weighted by atomic mass is 16.5. The zero-order chi connectivity index (χ0) is 14.8. The lowest BCUT2D eigenvalue weighted by Gasteiger charge is -2.13. The molecule has 0 amide bonds. The van der Waals surface area contributed by atoms with Gasteiger partial charge in [0.05, 0.1) is 26.2 Å². The van der Waals surface area contributed by atoms with Gasteiger partial charge >= 0.3 is 5.97 Å². The van der Waals surface area contributed by atoms with Crippen molar-refractivity contribution >= 4 is 5.97 Å². The maximum Gasteiger partial charge on any atom is 0.306 e. The fourth-order valence-electron chi connectivity index (χ4n) is 1.87. The van der Waals surface area contributed by atoms with Crippen molar-refractivity contribution in [1.82, 2.24) is 0 Å². The SMILES string of the molecule is COCCOCCC(Cc1cccc(OC)c1)C(=O)O. The fraction of sp³-hybridized carbons (Fsp3) is 0.533. The van der Waals surface area contributed by atoms with Crippen LogP contribution >= 0.6 is 0 Å². The van der Waals surface area contributed by atoms with E-state index in [9.17, 15) is 9.90 Å². The second-order valence-electron chi connectivity index (χ2n) is 4.48. The summed E-state index contributed by atoms with van der Waals surface area (Å²) in [5.41, 5.74) is 0.952. The van der Waals surface area contributed by atoms with Crippen molar-refractivity contribution in [2.75, 3.05) is 34.0 Å². The molecule has 0 radical (unpaired) electrons. The van der Waals surface area contributed by atoms with Crippen molar-refractivity contribution in [2.24, 2.45) is 5.92 Å². The number of hydrogen-bond acceptors (Lipinski definition) is 4. The zero-order valence-electron chi connectivity index (χ0n) is 12.0. The van der Waals surface area contributed by atoms with E-state index in [1.165, 1.54) is 0 Å². The van der Waals surface area contributed by atoms with Gasteiger partial charge in [0.2, 0.25) is 0 Å². The summed E-state index contributed by atoms with van der Waals surface area (Å²) in [5, 5.41) is 9.25. The molecule has 112 valence electrons. The first-order valence-electron chi connectivity index (χ1n) is 6.59. The van der Waals surface area contributed by atoms with E-state index in [-0.39, 0.29) is 0 Å². The average Bonchev–Trinajstić information content (AvgIpc) is 2.45. The lowest BCUT2D eigenvalue weighted by molar-refractivity contribution is -0.142. The summed E-state index contributed by atoms with van der Waals surface area (Å²) in [7, 11) is 3.20. The van der Waals surface area contributed by atoms with Crippen LogP contribution in [-0.4, -0.2) is 45.1 Å². The van der Waals surface area contributed by atoms with Gasteiger partial charge in [0.25, 0.3) is 0 Å². The highest BCUT2D eigenvalue weighted by Gasteiger charge is 2.18. The van der Waals surface area contributed by atoms with E-state index < -0.39 is 11.9 Å². The van der Waals surface area contributed by atoms with Crippen LogP contribution in [0.3, 0.4) is 0 Å². The molecule has 1 N–H and O–H groups in total. The van der Waals surface area contributed by atoms with E-state index in [2.05, 4.69) is 0 Å². The minimum absolute atomic E-state index is 0.421. The van der Waals surface area contributed by atoms with Crippen molar-refractivity contribution < 1.29 is 24.1 Å². The van der Waals surface area contributed by atoms with Crippen molar-refractivity contribution in [3.63, 3.8) is 0 Å². The molecule has 0 aliphatic rings. The first-order chi connectivity index (χ1) is 9.67. The Labute approximate surface area is 119 Å². The summed E-state index contributed by atoms with van der Waals surface area (Å²) in [5.74, 6) is -0.518. The fourth-order valence-corrected chi connectivity index (χ4v) is 1.87. The van der Waals surface area contributed by atoms with Crippen molar-refractivity contribution in [1.29, 1.82) is 0 Å². The van der Waals surface area contributed by atoms with E-state index in [1.54, 1.807) is 14.2 Å². The molecular formula is C15H22O5. The monoisotopic (exact) mass is 282 g/mol. The summed E-state index contributed by atoms with van der Waals surface area (Å²) in [6.07, 6.45) is 0.955. The third kappa shape index (κ3) is 6.04. The predicted octanol–water partition coefficient (Wildman–Crippen LogP) is 1.99. The molecule has 0 heterocycles. The molecule has 0 fully saturated rings. The summed E-state index contributed by atoms with van der Waals surface area (Å²) >= 11 is 0. The Morgan fingerprint density at radius 1 is 1.25 bits per heavy atom. The van der Waals surface area contributed by atoms with E-state index in [0.717, 1.165) is 11.3 Å². The van der Waals surface area contributed by atoms with Crippen LogP contribution in [0, 0.1) is 5.92 Å². The van der Waals surface area contributed by atoms with Gasteiger partial charge in [-0.05, 0) is 30.5 Å². The molecule has 1 atom stereocenters. The molecule has 0 aromatic heterocycles. The summed E-state index contributed by atoms with van der Waals surface area (Å²) in [6.45, 7) is 1.43. The summed E-state index contributed by atoms with van der Waals surface area (Å²) in [6, 6.07) is 7.47. The van der Waals surface area contributed by atoms with Crippen molar-refractivity contribution in [3.8, 4) is 5.75 Å². The highest BCUT2D eigenvalue weighted by molar-refractivity contribution is 5.70. The molecule has 1 unspecified atom stereocenters. The van der Waals surface area contributed by atoms with Crippen LogP contribution in [-0.2, 0) is 20.7 Å². The molecule has 1 aromatic carbocycles. The standard InChI is InChI=1S/C15H22O5/c1-18-8-9-20-7-6-13(15(16)17)10-12-4-3-5-14(11-12)19-2/h3-5,11,13H,6-10H2,1-2H3,(H,16,17). The highest BCUT2D eigenvalue weighted by Crippen LogP contribution is 2.18. The van der Waals surface area contributed by atoms with Gasteiger partial charge in [-0.25, -0.2) is 0 Å². The van der Waals surface area contributed by atoms with E-state index in [4.69, 9.17) is 14.2 Å². The summed E-state index contributed by atoms with van der Waals surface area (Å²) < 4.78 is 15.3. The Kier molecular flexibility index (Phi) is 7.69. The molecule has 5 heteroatoms. The molecule has 0 aliphatic carbocycles. The predicted molar refractivity (Wildman–Crippen MR) is 75.1 cm³/mol. The molecule has 1 aromatic rings. The van der Waals surface area contributed by atoms with Crippen molar-refractivity contribution in [2.45, 2.75) is 12.8 Å². The first-order valence-corrected chi connectivity index (χ1v) is 6.59. The number of carbonyl (C=O) groups is 1. The van der Waals surface area contributed by atoms with Gasteiger partial charge in [-0.1, -0.05) is 12.1 Å². The molecule has 0 bridgehead atoms. The first kappa shape index (κ1) is 16.5. The molecule has 0 spiro atoms. The molecule has 1 rings (SSSR count). The zero-order valence-corrected chi connectivity index (χ0v) is 12.0. The Balaban J connectivity index is 2.47. The molecule has 20 heavy (non-hydrogen) atoms. The second kappa shape index (κ2) is 9.34. The van der Waals surface area contributed by atoms with Crippen LogP contribution in [0.25, 0.3) is 0 Å². The normalized spacial score (nSPS) is 12.1. The van der Waals surface area contributed by atoms with Gasteiger partial charge in [0, 0.05) is 13.7 Å². The average molecular weight is 282 g/mol. The minimum Gasteiger partial charge on any atom is -0.497 e. The van der Waals surface area contributed by atoms with Crippen LogP contribution < -0.4 is 4.74 Å². The Morgan fingerprint density at radius 2 is 2.05 bits per heavy atom. The second-order valence-corrected chi connectivity index (χ2v) is 4.48. The van der Waals surface area contributed by atoms with Gasteiger partial charge in [-0.15, -0.1) is 0 Å². The number of rotatable bonds is 10. The number of hydrogen-bond donors (Lipinski definition) is 1. The third-order valence-corrected chi connectivity index (χ3v) is 3.01. The quantitative estimate of drug-likeness (QED) is 0.665. The molecule has 0 saturated heterocycles. The maximum atomic E-state index is 11.3. The number of carboxylic acid groups (broad SMARTS) is 1. The number of methoxy groups -OCH3 is 2. The molecule has 0 saturated carbocycles. The Hall–Kier alpha value is -1.59. The number of aliphatic carboxylic acids is 1. The minimum atomic E-state index is -0.803. The van der Waals surface area contributed by atoms with Gasteiger partial charge < -0.3 is 19.3 Å². The van der Waals surface area contributed by atoms with Gasteiger partial charge in [-0.3, -0.25) is 4.79 Å². The Morgan fingerprint density at radius 3 is 2.70 bits per heavy atom. The van der Waals surface area contributed by atoms with Gasteiger partial charge in [0.1, 0.15) is 5.75 Å². The van der Waals surface area contributed by atoms with Gasteiger partial charge in [-0.2, -0.15) is 0 Å². The van der Waals surface area contributed by atoms with Crippen LogP contribution in [0.5, 0.6) is 5.75 Å². The van der Waals surface area contributed by atoms with Crippen LogP contribution in [0.1, 0.15) is 12.0 Å². The lowest BCUT2D eigenvalue weighted by Crippen LogP contribution is -2.19.